The van der Waals surface area contributed by atoms with Gasteiger partial charge in [0.25, 0.3) is 0 Å². The molecule has 0 fully saturated rings. The molecule has 0 aliphatic carbocycles. The van der Waals surface area contributed by atoms with Crippen LogP contribution >= 0.6 is 0 Å². The molecule has 0 heterocycles. The Hall–Kier alpha value is -2.75. The van der Waals surface area contributed by atoms with Crippen molar-refractivity contribution in [3.63, 3.8) is 0 Å². The molecule has 0 radical (unpaired) electrons. The summed E-state index contributed by atoms with van der Waals surface area (Å²) in [5.74, 6) is 1.04. The number of carbonyl (C=O) groups is 1. The average molecular weight is 311 g/mol. The van der Waals surface area contributed by atoms with Crippen LogP contribution in [-0.2, 0) is 4.79 Å². The largest absolute Gasteiger partial charge is 0.493 e. The fourth-order valence-electron chi connectivity index (χ4n) is 2.27. The van der Waals surface area contributed by atoms with E-state index < -0.39 is 0 Å². The van der Waals surface area contributed by atoms with E-state index in [1.165, 1.54) is 6.08 Å². The fourth-order valence-corrected chi connectivity index (χ4v) is 2.27. The molecule has 0 saturated heterocycles. The maximum atomic E-state index is 12.1. The number of carbonyl (C=O) groups excluding carboxylic acids is 1. The van der Waals surface area contributed by atoms with Crippen molar-refractivity contribution in [1.82, 2.24) is 0 Å². The number of hydrogen-bond donors (Lipinski definition) is 1. The summed E-state index contributed by atoms with van der Waals surface area (Å²) in [4.78, 5) is 12.1. The van der Waals surface area contributed by atoms with Crippen molar-refractivity contribution in [1.29, 1.82) is 0 Å². The molecule has 120 valence electrons. The molecule has 1 N–H and O–H groups in total. The number of ether oxygens (including phenoxy) is 2. The van der Waals surface area contributed by atoms with Gasteiger partial charge in [-0.25, -0.2) is 0 Å². The Kier molecular flexibility index (Phi) is 5.41. The molecule has 0 aliphatic heterocycles. The molecule has 2 aromatic rings. The van der Waals surface area contributed by atoms with Crippen LogP contribution in [-0.4, -0.2) is 20.1 Å². The zero-order chi connectivity index (χ0) is 16.8. The molecule has 0 aliphatic rings. The first-order chi connectivity index (χ1) is 11.1. The Labute approximate surface area is 136 Å². The summed E-state index contributed by atoms with van der Waals surface area (Å²) in [6.07, 6.45) is 3.20. The van der Waals surface area contributed by atoms with E-state index in [1.807, 2.05) is 50.2 Å². The van der Waals surface area contributed by atoms with Crippen LogP contribution in [0.3, 0.4) is 0 Å². The molecule has 4 nitrogen and oxygen atoms in total. The van der Waals surface area contributed by atoms with Gasteiger partial charge in [0.15, 0.2) is 11.5 Å². The summed E-state index contributed by atoms with van der Waals surface area (Å²) in [6, 6.07) is 11.4. The standard InChI is InChI=1S/C19H21NO3/c1-13-7-5-9-16(14(13)2)20-18(21)12-11-15-8-6-10-17(22-3)19(15)23-4/h5-12H,1-4H3,(H,20,21)/b12-11+. The Morgan fingerprint density at radius 1 is 1.04 bits per heavy atom. The lowest BCUT2D eigenvalue weighted by Crippen LogP contribution is -2.09. The number of anilines is 1. The molecule has 0 spiro atoms. The summed E-state index contributed by atoms with van der Waals surface area (Å²) >= 11 is 0. The van der Waals surface area contributed by atoms with Gasteiger partial charge in [0, 0.05) is 17.3 Å². The highest BCUT2D eigenvalue weighted by molar-refractivity contribution is 6.02. The highest BCUT2D eigenvalue weighted by atomic mass is 16.5. The van der Waals surface area contributed by atoms with Crippen molar-refractivity contribution in [2.45, 2.75) is 13.8 Å². The number of amides is 1. The quantitative estimate of drug-likeness (QED) is 0.850. The number of methoxy groups -OCH3 is 2. The summed E-state index contributed by atoms with van der Waals surface area (Å²) in [7, 11) is 3.16. The van der Waals surface area contributed by atoms with Gasteiger partial charge in [-0.05, 0) is 43.2 Å². The van der Waals surface area contributed by atoms with Crippen LogP contribution in [0.2, 0.25) is 0 Å². The van der Waals surface area contributed by atoms with Crippen LogP contribution < -0.4 is 14.8 Å². The van der Waals surface area contributed by atoms with Crippen LogP contribution in [0.15, 0.2) is 42.5 Å². The Bertz CT molecular complexity index is 735. The van der Waals surface area contributed by atoms with E-state index in [0.717, 1.165) is 22.4 Å². The molecular formula is C19H21NO3. The summed E-state index contributed by atoms with van der Waals surface area (Å²) < 4.78 is 10.6. The van der Waals surface area contributed by atoms with Gasteiger partial charge >= 0.3 is 0 Å². The number of nitrogens with one attached hydrogen (secondary N) is 1. The zero-order valence-corrected chi connectivity index (χ0v) is 13.8. The lowest BCUT2D eigenvalue weighted by Gasteiger charge is -2.10. The maximum Gasteiger partial charge on any atom is 0.248 e. The molecule has 2 rings (SSSR count). The SMILES string of the molecule is COc1cccc(/C=C/C(=O)Nc2cccc(C)c2C)c1OC. The molecule has 0 atom stereocenters. The molecule has 0 unspecified atom stereocenters. The van der Waals surface area contributed by atoms with Gasteiger partial charge in [0.05, 0.1) is 14.2 Å². The van der Waals surface area contributed by atoms with Gasteiger partial charge in [-0.2, -0.15) is 0 Å². The Morgan fingerprint density at radius 2 is 1.78 bits per heavy atom. The predicted molar refractivity (Wildman–Crippen MR) is 93.1 cm³/mol. The molecule has 4 heteroatoms. The topological polar surface area (TPSA) is 47.6 Å². The average Bonchev–Trinajstić information content (AvgIpc) is 2.56. The minimum atomic E-state index is -0.191. The normalized spacial score (nSPS) is 10.6. The lowest BCUT2D eigenvalue weighted by atomic mass is 10.1. The summed E-state index contributed by atoms with van der Waals surface area (Å²) in [5.41, 5.74) is 3.80. The number of para-hydroxylation sites is 1. The first-order valence-corrected chi connectivity index (χ1v) is 7.33. The van der Waals surface area contributed by atoms with Gasteiger partial charge in [-0.3, -0.25) is 4.79 Å². The second kappa shape index (κ2) is 7.49. The third-order valence-electron chi connectivity index (χ3n) is 3.71. The lowest BCUT2D eigenvalue weighted by molar-refractivity contribution is -0.111. The van der Waals surface area contributed by atoms with Crippen LogP contribution in [0.5, 0.6) is 11.5 Å². The molecule has 1 amide bonds. The van der Waals surface area contributed by atoms with Crippen molar-refractivity contribution in [3.05, 3.63) is 59.2 Å². The fraction of sp³-hybridized carbons (Fsp3) is 0.211. The van der Waals surface area contributed by atoms with Crippen molar-refractivity contribution in [2.75, 3.05) is 19.5 Å². The van der Waals surface area contributed by atoms with Crippen LogP contribution in [0, 0.1) is 13.8 Å². The minimum absolute atomic E-state index is 0.191. The minimum Gasteiger partial charge on any atom is -0.493 e. The van der Waals surface area contributed by atoms with Crippen LogP contribution in [0.25, 0.3) is 6.08 Å². The van der Waals surface area contributed by atoms with Crippen molar-refractivity contribution in [2.24, 2.45) is 0 Å². The van der Waals surface area contributed by atoms with Gasteiger partial charge in [-0.15, -0.1) is 0 Å². The van der Waals surface area contributed by atoms with Crippen molar-refractivity contribution >= 4 is 17.7 Å². The monoisotopic (exact) mass is 311 g/mol. The van der Waals surface area contributed by atoms with E-state index in [0.29, 0.717) is 11.5 Å². The number of rotatable bonds is 5. The second-order valence-electron chi connectivity index (χ2n) is 5.15. The number of hydrogen-bond acceptors (Lipinski definition) is 3. The third kappa shape index (κ3) is 3.92. The third-order valence-corrected chi connectivity index (χ3v) is 3.71. The number of benzene rings is 2. The molecular weight excluding hydrogens is 290 g/mol. The van der Waals surface area contributed by atoms with Crippen LogP contribution in [0.1, 0.15) is 16.7 Å². The Balaban J connectivity index is 2.17. The van der Waals surface area contributed by atoms with E-state index in [-0.39, 0.29) is 5.91 Å². The maximum absolute atomic E-state index is 12.1. The van der Waals surface area contributed by atoms with Crippen molar-refractivity contribution in [3.8, 4) is 11.5 Å². The van der Waals surface area contributed by atoms with Gasteiger partial charge in [0.1, 0.15) is 0 Å². The highest BCUT2D eigenvalue weighted by Gasteiger charge is 2.08. The zero-order valence-electron chi connectivity index (χ0n) is 13.8. The highest BCUT2D eigenvalue weighted by Crippen LogP contribution is 2.31. The van der Waals surface area contributed by atoms with Crippen molar-refractivity contribution < 1.29 is 14.3 Å². The first-order valence-electron chi connectivity index (χ1n) is 7.33. The van der Waals surface area contributed by atoms with E-state index in [4.69, 9.17) is 9.47 Å². The Morgan fingerprint density at radius 3 is 2.48 bits per heavy atom. The van der Waals surface area contributed by atoms with E-state index in [9.17, 15) is 4.79 Å². The molecule has 23 heavy (non-hydrogen) atoms. The first kappa shape index (κ1) is 16.6. The molecule has 0 aromatic heterocycles. The number of aryl methyl sites for hydroxylation is 1. The molecule has 0 bridgehead atoms. The van der Waals surface area contributed by atoms with Gasteiger partial charge in [0.2, 0.25) is 5.91 Å². The smallest absolute Gasteiger partial charge is 0.248 e. The van der Waals surface area contributed by atoms with E-state index >= 15 is 0 Å². The van der Waals surface area contributed by atoms with E-state index in [1.54, 1.807) is 20.3 Å². The summed E-state index contributed by atoms with van der Waals surface area (Å²) in [6.45, 7) is 4.00. The molecule has 2 aromatic carbocycles. The summed E-state index contributed by atoms with van der Waals surface area (Å²) in [5, 5.41) is 2.89. The van der Waals surface area contributed by atoms with E-state index in [2.05, 4.69) is 5.32 Å². The predicted octanol–water partition coefficient (Wildman–Crippen LogP) is 3.97. The van der Waals surface area contributed by atoms with Gasteiger partial charge < -0.3 is 14.8 Å². The molecule has 0 saturated carbocycles. The van der Waals surface area contributed by atoms with Crippen LogP contribution in [0.4, 0.5) is 5.69 Å². The van der Waals surface area contributed by atoms with Gasteiger partial charge in [-0.1, -0.05) is 24.3 Å². The second-order valence-corrected chi connectivity index (χ2v) is 5.15.